The quantitative estimate of drug-likeness (QED) is 0.440. The number of hydrogen-bond acceptors (Lipinski definition) is 4. The van der Waals surface area contributed by atoms with E-state index in [9.17, 15) is 19.8 Å². The minimum absolute atomic E-state index is 0. The van der Waals surface area contributed by atoms with Gasteiger partial charge in [-0.3, -0.25) is 0 Å². The Labute approximate surface area is 111 Å². The number of rotatable bonds is 4. The Morgan fingerprint density at radius 3 is 1.33 bits per heavy atom. The summed E-state index contributed by atoms with van der Waals surface area (Å²) in [6, 6.07) is 0. The summed E-state index contributed by atoms with van der Waals surface area (Å²) in [5.74, 6) is -3.13. The van der Waals surface area contributed by atoms with Gasteiger partial charge >= 0.3 is 48.9 Å². The number of carboxylic acid groups (broad SMARTS) is 2. The molecule has 0 aliphatic carbocycles. The van der Waals surface area contributed by atoms with Crippen molar-refractivity contribution >= 4 is 60.8 Å². The standard InChI is InChI=1S/C7H12O4.Ba/c1-3-7(4-2,5(8)9)6(10)11;/h3-4H2,1-2H3,(H,8,9)(H,10,11);/q;+2/p-2. The molecule has 0 aromatic carbocycles. The molecule has 0 heterocycles. The van der Waals surface area contributed by atoms with Gasteiger partial charge in [0.05, 0.1) is 11.9 Å². The van der Waals surface area contributed by atoms with E-state index in [1.165, 1.54) is 13.8 Å². The number of carboxylic acids is 2. The average Bonchev–Trinajstić information content (AvgIpc) is 1.90. The number of carbonyl (C=O) groups is 2. The van der Waals surface area contributed by atoms with Gasteiger partial charge in [-0.05, 0) is 12.8 Å². The Morgan fingerprint density at radius 1 is 1.08 bits per heavy atom. The maximum Gasteiger partial charge on any atom is 2.00 e. The first-order valence-corrected chi connectivity index (χ1v) is 3.44. The predicted octanol–water partition coefficient (Wildman–Crippen LogP) is -2.09. The van der Waals surface area contributed by atoms with Crippen LogP contribution < -0.4 is 10.2 Å². The average molecular weight is 295 g/mol. The molecule has 0 atom stereocenters. The van der Waals surface area contributed by atoms with E-state index in [0.717, 1.165) is 0 Å². The molecule has 0 aliphatic heterocycles. The van der Waals surface area contributed by atoms with Gasteiger partial charge in [-0.2, -0.15) is 0 Å². The van der Waals surface area contributed by atoms with E-state index in [0.29, 0.717) is 0 Å². The van der Waals surface area contributed by atoms with Gasteiger partial charge in [0.15, 0.2) is 0 Å². The minimum atomic E-state index is -1.81. The topological polar surface area (TPSA) is 80.3 Å². The summed E-state index contributed by atoms with van der Waals surface area (Å²) >= 11 is 0. The van der Waals surface area contributed by atoms with Crippen LogP contribution in [0.15, 0.2) is 0 Å². The van der Waals surface area contributed by atoms with E-state index in [-0.39, 0.29) is 61.7 Å². The summed E-state index contributed by atoms with van der Waals surface area (Å²) in [4.78, 5) is 20.8. The van der Waals surface area contributed by atoms with Crippen LogP contribution in [0.3, 0.4) is 0 Å². The van der Waals surface area contributed by atoms with Gasteiger partial charge < -0.3 is 19.8 Å². The third-order valence-corrected chi connectivity index (χ3v) is 1.99. The van der Waals surface area contributed by atoms with Crippen LogP contribution in [-0.4, -0.2) is 60.8 Å². The van der Waals surface area contributed by atoms with Crippen molar-refractivity contribution in [3.63, 3.8) is 0 Å². The first-order valence-electron chi connectivity index (χ1n) is 3.44. The summed E-state index contributed by atoms with van der Waals surface area (Å²) in [5, 5.41) is 20.8. The van der Waals surface area contributed by atoms with Gasteiger partial charge in [0.25, 0.3) is 0 Å². The fourth-order valence-corrected chi connectivity index (χ4v) is 0.911. The minimum Gasteiger partial charge on any atom is -0.549 e. The van der Waals surface area contributed by atoms with E-state index in [2.05, 4.69) is 0 Å². The zero-order valence-electron chi connectivity index (χ0n) is 7.25. The maximum atomic E-state index is 10.4. The van der Waals surface area contributed by atoms with Gasteiger partial charge in [-0.25, -0.2) is 0 Å². The van der Waals surface area contributed by atoms with Gasteiger partial charge in [-0.1, -0.05) is 13.8 Å². The van der Waals surface area contributed by atoms with Gasteiger partial charge in [0.1, 0.15) is 0 Å². The predicted molar refractivity (Wildman–Crippen MR) is 38.8 cm³/mol. The third-order valence-electron chi connectivity index (χ3n) is 1.99. The summed E-state index contributed by atoms with van der Waals surface area (Å²) in [6.07, 6.45) is -0.0116. The first kappa shape index (κ1) is 15.0. The van der Waals surface area contributed by atoms with Crippen molar-refractivity contribution in [3.8, 4) is 0 Å². The molecule has 5 heteroatoms. The molecule has 0 fully saturated rings. The van der Waals surface area contributed by atoms with E-state index >= 15 is 0 Å². The van der Waals surface area contributed by atoms with Gasteiger partial charge in [0, 0.05) is 5.41 Å². The first-order chi connectivity index (χ1) is 5.01. The Hall–Kier alpha value is 0.511. The smallest absolute Gasteiger partial charge is 0.549 e. The number of carbonyl (C=O) groups excluding carboxylic acids is 2. The van der Waals surface area contributed by atoms with Crippen molar-refractivity contribution < 1.29 is 19.8 Å². The van der Waals surface area contributed by atoms with Gasteiger partial charge in [0.2, 0.25) is 0 Å². The zero-order chi connectivity index (χ0) is 9.07. The third kappa shape index (κ3) is 2.78. The molecule has 0 saturated carbocycles. The SMILES string of the molecule is CCC(CC)(C(=O)[O-])C(=O)[O-].[Ba+2]. The monoisotopic (exact) mass is 296 g/mol. The van der Waals surface area contributed by atoms with Crippen LogP contribution in [0.1, 0.15) is 26.7 Å². The largest absolute Gasteiger partial charge is 2.00 e. The second-order valence-electron chi connectivity index (χ2n) is 2.36. The summed E-state index contributed by atoms with van der Waals surface area (Å²) in [6.45, 7) is 2.96. The zero-order valence-corrected chi connectivity index (χ0v) is 11.7. The Morgan fingerprint density at radius 2 is 1.33 bits per heavy atom. The molecule has 0 rings (SSSR count). The number of hydrogen-bond donors (Lipinski definition) is 0. The molecule has 0 aliphatic rings. The second kappa shape index (κ2) is 6.04. The van der Waals surface area contributed by atoms with Crippen molar-refractivity contribution in [2.75, 3.05) is 0 Å². The molecule has 0 radical (unpaired) electrons. The molecule has 64 valence electrons. The number of aliphatic carboxylic acids is 2. The van der Waals surface area contributed by atoms with Crippen molar-refractivity contribution in [1.29, 1.82) is 0 Å². The van der Waals surface area contributed by atoms with Crippen LogP contribution in [0, 0.1) is 5.41 Å². The van der Waals surface area contributed by atoms with Crippen molar-refractivity contribution in [2.45, 2.75) is 26.7 Å². The molecule has 0 amide bonds. The summed E-state index contributed by atoms with van der Waals surface area (Å²) < 4.78 is 0. The molecule has 0 aromatic heterocycles. The molecule has 0 unspecified atom stereocenters. The molecular formula is C7H10BaO4. The van der Waals surface area contributed by atoms with E-state index in [1.807, 2.05) is 0 Å². The Bertz CT molecular complexity index is 158. The molecular weight excluding hydrogens is 285 g/mol. The van der Waals surface area contributed by atoms with Crippen LogP contribution in [0.5, 0.6) is 0 Å². The molecule has 0 bridgehead atoms. The molecule has 12 heavy (non-hydrogen) atoms. The normalized spacial score (nSPS) is 10.2. The van der Waals surface area contributed by atoms with Crippen LogP contribution in [-0.2, 0) is 9.59 Å². The molecule has 4 nitrogen and oxygen atoms in total. The Kier molecular flexibility index (Phi) is 7.55. The summed E-state index contributed by atoms with van der Waals surface area (Å²) in [7, 11) is 0. The van der Waals surface area contributed by atoms with Gasteiger partial charge in [-0.15, -0.1) is 0 Å². The fraction of sp³-hybridized carbons (Fsp3) is 0.714. The van der Waals surface area contributed by atoms with Crippen LogP contribution in [0.25, 0.3) is 0 Å². The van der Waals surface area contributed by atoms with E-state index < -0.39 is 17.4 Å². The van der Waals surface area contributed by atoms with Crippen LogP contribution in [0.4, 0.5) is 0 Å². The molecule has 0 spiro atoms. The van der Waals surface area contributed by atoms with E-state index in [1.54, 1.807) is 0 Å². The van der Waals surface area contributed by atoms with Crippen molar-refractivity contribution in [3.05, 3.63) is 0 Å². The molecule has 0 aromatic rings. The molecule has 0 N–H and O–H groups in total. The van der Waals surface area contributed by atoms with Crippen molar-refractivity contribution in [2.24, 2.45) is 5.41 Å². The summed E-state index contributed by atoms with van der Waals surface area (Å²) in [5.41, 5.74) is -1.81. The second-order valence-corrected chi connectivity index (χ2v) is 2.36. The van der Waals surface area contributed by atoms with Crippen LogP contribution in [0.2, 0.25) is 0 Å². The maximum absolute atomic E-state index is 10.4. The van der Waals surface area contributed by atoms with E-state index in [4.69, 9.17) is 0 Å². The van der Waals surface area contributed by atoms with Crippen molar-refractivity contribution in [1.82, 2.24) is 0 Å². The van der Waals surface area contributed by atoms with Crippen LogP contribution >= 0.6 is 0 Å². The molecule has 0 saturated heterocycles. The fourth-order valence-electron chi connectivity index (χ4n) is 0.911. The Balaban J connectivity index is 0.